The van der Waals surface area contributed by atoms with Crippen molar-refractivity contribution < 1.29 is 37.3 Å². The molecule has 9 nitrogen and oxygen atoms in total. The fourth-order valence-corrected chi connectivity index (χ4v) is 9.53. The molecule has 0 aliphatic heterocycles. The minimum atomic E-state index is -4.44. The topological polar surface area (TPSA) is 111 Å². The van der Waals surface area contributed by atoms with Gasteiger partial charge in [0.15, 0.2) is 0 Å². The molecule has 3 atom stereocenters. The highest BCUT2D eigenvalue weighted by molar-refractivity contribution is 7.47. The van der Waals surface area contributed by atoms with Gasteiger partial charge in [0.25, 0.3) is 0 Å². The van der Waals surface area contributed by atoms with Gasteiger partial charge in [-0.25, -0.2) is 4.57 Å². The van der Waals surface area contributed by atoms with Crippen molar-refractivity contribution in [2.45, 2.75) is 303 Å². The van der Waals surface area contributed by atoms with Gasteiger partial charge in [-0.15, -0.1) is 0 Å². The van der Waals surface area contributed by atoms with E-state index < -0.39 is 20.0 Å². The summed E-state index contributed by atoms with van der Waals surface area (Å²) in [6.07, 6.45) is 61.5. The summed E-state index contributed by atoms with van der Waals surface area (Å²) in [7, 11) is 1.50. The van der Waals surface area contributed by atoms with Crippen LogP contribution < -0.4 is 5.32 Å². The Balaban J connectivity index is 5.08. The minimum absolute atomic E-state index is 0.0406. The van der Waals surface area contributed by atoms with E-state index in [0.717, 1.165) is 83.5 Å². The molecule has 0 aromatic heterocycles. The quantitative estimate of drug-likeness (QED) is 0.0205. The van der Waals surface area contributed by atoms with Crippen molar-refractivity contribution in [2.24, 2.45) is 0 Å². The number of rotatable bonds is 55. The maximum Gasteiger partial charge on any atom is 0.472 e. The molecule has 0 fully saturated rings. The number of amides is 1. The summed E-state index contributed by atoms with van der Waals surface area (Å²) in [5.41, 5.74) is 0. The first-order valence-corrected chi connectivity index (χ1v) is 31.8. The molecular formula is C61H118N2O7P+. The van der Waals surface area contributed by atoms with Crippen molar-refractivity contribution in [1.29, 1.82) is 0 Å². The van der Waals surface area contributed by atoms with Crippen LogP contribution in [0.5, 0.6) is 0 Å². The van der Waals surface area contributed by atoms with Crippen LogP contribution in [0.4, 0.5) is 0 Å². The molecule has 71 heavy (non-hydrogen) atoms. The first-order chi connectivity index (χ1) is 34.4. The highest BCUT2D eigenvalue weighted by atomic mass is 31.2. The van der Waals surface area contributed by atoms with E-state index in [2.05, 4.69) is 50.4 Å². The lowest BCUT2D eigenvalue weighted by Crippen LogP contribution is -2.47. The normalized spacial score (nSPS) is 14.0. The van der Waals surface area contributed by atoms with E-state index in [1.54, 1.807) is 0 Å². The largest absolute Gasteiger partial charge is 0.472 e. The van der Waals surface area contributed by atoms with Crippen LogP contribution in [0.1, 0.15) is 290 Å². The molecule has 418 valence electrons. The number of quaternary nitrogens is 1. The molecule has 0 rings (SSSR count). The van der Waals surface area contributed by atoms with Crippen LogP contribution >= 0.6 is 7.82 Å². The van der Waals surface area contributed by atoms with E-state index in [9.17, 15) is 19.0 Å². The molecular weight excluding hydrogens is 904 g/mol. The second-order valence-corrected chi connectivity index (χ2v) is 23.3. The second-order valence-electron chi connectivity index (χ2n) is 21.9. The average molecular weight is 1020 g/mol. The number of esters is 1. The summed E-state index contributed by atoms with van der Waals surface area (Å²) in [6, 6.07) is -0.847. The predicted molar refractivity (Wildman–Crippen MR) is 305 cm³/mol. The molecule has 0 saturated carbocycles. The SMILES string of the molecule is CCCC/C=C\CCCCCCCC(=O)OC(/C=C\CCCCCCCCCCC)C(COP(=O)(O)OCC[N+](C)(C)C)NC(=O)CCCCCCCCCCCCCCC/C=C/CCCCCCCC. The summed E-state index contributed by atoms with van der Waals surface area (Å²) < 4.78 is 30.6. The van der Waals surface area contributed by atoms with Crippen molar-refractivity contribution >= 4 is 19.7 Å². The number of ether oxygens (including phenoxy) is 1. The van der Waals surface area contributed by atoms with Gasteiger partial charge in [0.1, 0.15) is 19.3 Å². The predicted octanol–water partition coefficient (Wildman–Crippen LogP) is 18.3. The molecule has 0 aromatic rings. The summed E-state index contributed by atoms with van der Waals surface area (Å²) in [4.78, 5) is 37.5. The van der Waals surface area contributed by atoms with Gasteiger partial charge in [-0.3, -0.25) is 18.6 Å². The molecule has 0 aliphatic rings. The first-order valence-electron chi connectivity index (χ1n) is 30.3. The van der Waals surface area contributed by atoms with Crippen LogP contribution in [-0.2, 0) is 27.9 Å². The van der Waals surface area contributed by atoms with E-state index in [1.807, 2.05) is 33.3 Å². The number of hydrogen-bond acceptors (Lipinski definition) is 6. The third-order valence-electron chi connectivity index (χ3n) is 13.6. The summed E-state index contributed by atoms with van der Waals surface area (Å²) in [5.74, 6) is -0.509. The Morgan fingerprint density at radius 3 is 1.24 bits per heavy atom. The number of carbonyl (C=O) groups excluding carboxylic acids is 2. The van der Waals surface area contributed by atoms with E-state index in [4.69, 9.17) is 13.8 Å². The standard InChI is InChI=1S/C61H117N2O7P/c1-7-10-13-16-19-22-25-26-27-28-29-30-31-32-33-34-35-36-39-41-44-47-50-53-60(64)62-58(57-69-71(66,67)68-56-55-63(4,5)6)59(52-49-46-43-40-37-23-20-17-14-11-8-2)70-61(65)54-51-48-45-42-38-24-21-18-15-12-9-3/h18,21,26-27,49,52,58-59H,7-17,19-20,22-25,28-48,50-51,53-57H2,1-6H3,(H-,62,64,66,67)/p+1/b21-18-,27-26+,52-49-. The Morgan fingerprint density at radius 2 is 0.831 bits per heavy atom. The lowest BCUT2D eigenvalue weighted by atomic mass is 10.0. The molecule has 0 aromatic carbocycles. The van der Waals surface area contributed by atoms with Crippen LogP contribution in [0.3, 0.4) is 0 Å². The van der Waals surface area contributed by atoms with Gasteiger partial charge in [-0.05, 0) is 76.7 Å². The number of hydrogen-bond donors (Lipinski definition) is 2. The summed E-state index contributed by atoms with van der Waals surface area (Å²) in [6.45, 7) is 6.98. The van der Waals surface area contributed by atoms with E-state index in [1.165, 1.54) is 173 Å². The third kappa shape index (κ3) is 52.9. The zero-order valence-electron chi connectivity index (χ0n) is 47.7. The van der Waals surface area contributed by atoms with Crippen molar-refractivity contribution in [3.63, 3.8) is 0 Å². The molecule has 0 spiro atoms. The lowest BCUT2D eigenvalue weighted by Gasteiger charge is -2.27. The van der Waals surface area contributed by atoms with Gasteiger partial charge in [-0.2, -0.15) is 0 Å². The highest BCUT2D eigenvalue weighted by Gasteiger charge is 2.30. The van der Waals surface area contributed by atoms with Gasteiger partial charge in [0, 0.05) is 12.8 Å². The van der Waals surface area contributed by atoms with Gasteiger partial charge in [0.05, 0.1) is 33.8 Å². The highest BCUT2D eigenvalue weighted by Crippen LogP contribution is 2.43. The Hall–Kier alpha value is -1.77. The molecule has 0 aliphatic carbocycles. The lowest BCUT2D eigenvalue weighted by molar-refractivity contribution is -0.870. The van der Waals surface area contributed by atoms with Gasteiger partial charge in [-0.1, -0.05) is 237 Å². The van der Waals surface area contributed by atoms with Crippen molar-refractivity contribution in [3.8, 4) is 0 Å². The zero-order chi connectivity index (χ0) is 52.2. The smallest absolute Gasteiger partial charge is 0.456 e. The number of likely N-dealkylation sites (N-methyl/N-ethyl adjacent to an activating group) is 1. The molecule has 2 N–H and O–H groups in total. The number of carbonyl (C=O) groups is 2. The molecule has 10 heteroatoms. The monoisotopic (exact) mass is 1020 g/mol. The second kappa shape index (κ2) is 51.7. The van der Waals surface area contributed by atoms with Gasteiger partial charge in [0.2, 0.25) is 5.91 Å². The van der Waals surface area contributed by atoms with Crippen molar-refractivity contribution in [2.75, 3.05) is 40.9 Å². The fourth-order valence-electron chi connectivity index (χ4n) is 8.80. The third-order valence-corrected chi connectivity index (χ3v) is 14.5. The van der Waals surface area contributed by atoms with Gasteiger partial charge < -0.3 is 19.4 Å². The molecule has 0 saturated heterocycles. The summed E-state index contributed by atoms with van der Waals surface area (Å²) >= 11 is 0. The number of nitrogens with one attached hydrogen (secondary N) is 1. The van der Waals surface area contributed by atoms with Crippen molar-refractivity contribution in [3.05, 3.63) is 36.5 Å². The van der Waals surface area contributed by atoms with Crippen molar-refractivity contribution in [1.82, 2.24) is 5.32 Å². The number of unbranched alkanes of at least 4 members (excludes halogenated alkanes) is 35. The Bertz CT molecular complexity index is 1310. The van der Waals surface area contributed by atoms with E-state index in [-0.39, 0.29) is 31.5 Å². The van der Waals surface area contributed by atoms with Crippen LogP contribution in [0.2, 0.25) is 0 Å². The van der Waals surface area contributed by atoms with Gasteiger partial charge >= 0.3 is 13.8 Å². The van der Waals surface area contributed by atoms with Crippen LogP contribution in [0, 0.1) is 0 Å². The maximum absolute atomic E-state index is 13.5. The average Bonchev–Trinajstić information content (AvgIpc) is 3.33. The number of nitrogens with zero attached hydrogens (tertiary/aromatic N) is 1. The number of phosphoric ester groups is 1. The number of allylic oxidation sites excluding steroid dienone is 5. The molecule has 0 bridgehead atoms. The van der Waals surface area contributed by atoms with Crippen LogP contribution in [0.15, 0.2) is 36.5 Å². The van der Waals surface area contributed by atoms with Crippen LogP contribution in [-0.4, -0.2) is 74.3 Å². The maximum atomic E-state index is 13.5. The fraction of sp³-hybridized carbons (Fsp3) is 0.869. The van der Waals surface area contributed by atoms with Crippen LogP contribution in [0.25, 0.3) is 0 Å². The first kappa shape index (κ1) is 69.2. The molecule has 0 radical (unpaired) electrons. The van der Waals surface area contributed by atoms with E-state index >= 15 is 0 Å². The Morgan fingerprint density at radius 1 is 0.479 bits per heavy atom. The molecule has 3 unspecified atom stereocenters. The molecule has 0 heterocycles. The Labute approximate surface area is 440 Å². The number of phosphoric acid groups is 1. The summed E-state index contributed by atoms with van der Waals surface area (Å²) in [5, 5.41) is 3.05. The van der Waals surface area contributed by atoms with E-state index in [0.29, 0.717) is 17.4 Å². The Kier molecular flexibility index (Phi) is 50.4. The zero-order valence-corrected chi connectivity index (χ0v) is 48.6. The molecule has 1 amide bonds. The minimum Gasteiger partial charge on any atom is -0.456 e.